The molecule has 90 valence electrons. The Balaban J connectivity index is 2.18. The summed E-state index contributed by atoms with van der Waals surface area (Å²) in [6.07, 6.45) is 3.68. The number of imide groups is 1. The number of amides is 3. The molecule has 0 aromatic carbocycles. The maximum atomic E-state index is 11.6. The van der Waals surface area contributed by atoms with Crippen LogP contribution >= 0.6 is 0 Å². The smallest absolute Gasteiger partial charge is 0.316 e. The van der Waals surface area contributed by atoms with E-state index in [0.717, 1.165) is 5.56 Å². The van der Waals surface area contributed by atoms with E-state index in [-0.39, 0.29) is 11.9 Å². The largest absolute Gasteiger partial charge is 0.328 e. The Bertz CT molecular complexity index is 447. The number of pyridine rings is 1. The lowest BCUT2D eigenvalue weighted by atomic mass is 10.2. The standard InChI is InChI=1S/C11H14N4O2/c1-12-5-8-4-9(7-13-6-8)15-3-2-10(16)14-11(15)17/h4,6-7,12H,2-3,5H2,1H3,(H,14,16,17). The number of hydrogen-bond donors (Lipinski definition) is 2. The number of carbonyl (C=O) groups is 2. The fraction of sp³-hybridized carbons (Fsp3) is 0.364. The van der Waals surface area contributed by atoms with E-state index < -0.39 is 0 Å². The summed E-state index contributed by atoms with van der Waals surface area (Å²) in [4.78, 5) is 28.3. The van der Waals surface area contributed by atoms with Crippen molar-refractivity contribution in [3.63, 3.8) is 0 Å². The normalized spacial score (nSPS) is 15.9. The second-order valence-corrected chi connectivity index (χ2v) is 3.84. The molecule has 0 aliphatic carbocycles. The number of carbonyl (C=O) groups excluding carboxylic acids is 2. The van der Waals surface area contributed by atoms with Crippen LogP contribution in [0.1, 0.15) is 12.0 Å². The van der Waals surface area contributed by atoms with Crippen molar-refractivity contribution in [2.45, 2.75) is 13.0 Å². The zero-order valence-electron chi connectivity index (χ0n) is 9.56. The molecule has 1 aromatic rings. The first kappa shape index (κ1) is 11.5. The van der Waals surface area contributed by atoms with Gasteiger partial charge in [-0.3, -0.25) is 20.0 Å². The van der Waals surface area contributed by atoms with Gasteiger partial charge in [0.2, 0.25) is 5.91 Å². The quantitative estimate of drug-likeness (QED) is 0.786. The average Bonchev–Trinajstić information content (AvgIpc) is 2.29. The molecular formula is C11H14N4O2. The van der Waals surface area contributed by atoms with E-state index in [1.54, 1.807) is 12.4 Å². The van der Waals surface area contributed by atoms with E-state index in [9.17, 15) is 9.59 Å². The Morgan fingerprint density at radius 1 is 1.47 bits per heavy atom. The number of urea groups is 1. The van der Waals surface area contributed by atoms with Crippen LogP contribution in [0.25, 0.3) is 0 Å². The molecule has 17 heavy (non-hydrogen) atoms. The third-order valence-corrected chi connectivity index (χ3v) is 2.53. The number of hydrogen-bond acceptors (Lipinski definition) is 4. The van der Waals surface area contributed by atoms with Crippen LogP contribution in [0.15, 0.2) is 18.5 Å². The molecule has 2 N–H and O–H groups in total. The molecule has 0 radical (unpaired) electrons. The predicted octanol–water partition coefficient (Wildman–Crippen LogP) is 0.247. The Morgan fingerprint density at radius 3 is 3.00 bits per heavy atom. The number of aromatic nitrogens is 1. The van der Waals surface area contributed by atoms with Crippen LogP contribution in [-0.4, -0.2) is 30.5 Å². The fourth-order valence-electron chi connectivity index (χ4n) is 1.73. The summed E-state index contributed by atoms with van der Waals surface area (Å²) in [7, 11) is 1.85. The molecule has 6 heteroatoms. The predicted molar refractivity (Wildman–Crippen MR) is 62.5 cm³/mol. The number of anilines is 1. The minimum absolute atomic E-state index is 0.231. The third-order valence-electron chi connectivity index (χ3n) is 2.53. The molecule has 1 aliphatic rings. The van der Waals surface area contributed by atoms with Gasteiger partial charge in [-0.1, -0.05) is 0 Å². The molecular weight excluding hydrogens is 220 g/mol. The highest BCUT2D eigenvalue weighted by atomic mass is 16.2. The molecule has 2 rings (SSSR count). The zero-order valence-corrected chi connectivity index (χ0v) is 9.56. The van der Waals surface area contributed by atoms with Gasteiger partial charge in [0.25, 0.3) is 0 Å². The second-order valence-electron chi connectivity index (χ2n) is 3.84. The maximum absolute atomic E-state index is 11.6. The minimum Gasteiger partial charge on any atom is -0.316 e. The van der Waals surface area contributed by atoms with E-state index in [4.69, 9.17) is 0 Å². The molecule has 3 amide bonds. The van der Waals surface area contributed by atoms with Crippen LogP contribution in [-0.2, 0) is 11.3 Å². The number of nitrogens with zero attached hydrogens (tertiary/aromatic N) is 2. The molecule has 0 bridgehead atoms. The fourth-order valence-corrected chi connectivity index (χ4v) is 1.73. The lowest BCUT2D eigenvalue weighted by Crippen LogP contribution is -2.49. The van der Waals surface area contributed by atoms with Crippen LogP contribution in [0.4, 0.5) is 10.5 Å². The van der Waals surface area contributed by atoms with E-state index in [1.807, 2.05) is 13.1 Å². The van der Waals surface area contributed by atoms with Crippen molar-refractivity contribution in [3.05, 3.63) is 24.0 Å². The minimum atomic E-state index is -0.385. The summed E-state index contributed by atoms with van der Waals surface area (Å²) >= 11 is 0. The lowest BCUT2D eigenvalue weighted by Gasteiger charge is -2.26. The molecule has 1 aliphatic heterocycles. The lowest BCUT2D eigenvalue weighted by molar-refractivity contribution is -0.120. The van der Waals surface area contributed by atoms with E-state index >= 15 is 0 Å². The van der Waals surface area contributed by atoms with Gasteiger partial charge in [-0.2, -0.15) is 0 Å². The van der Waals surface area contributed by atoms with Crippen molar-refractivity contribution >= 4 is 17.6 Å². The van der Waals surface area contributed by atoms with Crippen molar-refractivity contribution in [1.82, 2.24) is 15.6 Å². The summed E-state index contributed by atoms with van der Waals surface area (Å²) in [5.41, 5.74) is 1.71. The Kier molecular flexibility index (Phi) is 3.34. The van der Waals surface area contributed by atoms with Gasteiger partial charge in [-0.05, 0) is 18.7 Å². The molecule has 6 nitrogen and oxygen atoms in total. The van der Waals surface area contributed by atoms with Crippen molar-refractivity contribution in [2.24, 2.45) is 0 Å². The van der Waals surface area contributed by atoms with Crippen LogP contribution < -0.4 is 15.5 Å². The molecule has 1 saturated heterocycles. The SMILES string of the molecule is CNCc1cncc(N2CCC(=O)NC2=O)c1. The van der Waals surface area contributed by atoms with Crippen molar-refractivity contribution in [1.29, 1.82) is 0 Å². The van der Waals surface area contributed by atoms with Crippen molar-refractivity contribution < 1.29 is 9.59 Å². The van der Waals surface area contributed by atoms with Crippen LogP contribution in [0.3, 0.4) is 0 Å². The number of rotatable bonds is 3. The Labute approximate surface area is 99.0 Å². The van der Waals surface area contributed by atoms with Gasteiger partial charge >= 0.3 is 6.03 Å². The highest BCUT2D eigenvalue weighted by molar-refractivity contribution is 6.05. The molecule has 0 unspecified atom stereocenters. The van der Waals surface area contributed by atoms with Gasteiger partial charge in [0, 0.05) is 25.7 Å². The topological polar surface area (TPSA) is 74.3 Å². The molecule has 2 heterocycles. The maximum Gasteiger partial charge on any atom is 0.328 e. The van der Waals surface area contributed by atoms with Gasteiger partial charge in [0.1, 0.15) is 0 Å². The first-order chi connectivity index (χ1) is 8.20. The van der Waals surface area contributed by atoms with Crippen LogP contribution in [0.5, 0.6) is 0 Å². The van der Waals surface area contributed by atoms with Gasteiger partial charge in [0.15, 0.2) is 0 Å². The van der Waals surface area contributed by atoms with E-state index in [1.165, 1.54) is 4.90 Å². The number of nitrogens with one attached hydrogen (secondary N) is 2. The molecule has 0 spiro atoms. The summed E-state index contributed by atoms with van der Waals surface area (Å²) in [6, 6.07) is 1.50. The van der Waals surface area contributed by atoms with E-state index in [0.29, 0.717) is 25.2 Å². The second kappa shape index (κ2) is 4.92. The van der Waals surface area contributed by atoms with Gasteiger partial charge < -0.3 is 5.32 Å². The average molecular weight is 234 g/mol. The molecule has 1 aromatic heterocycles. The third kappa shape index (κ3) is 2.59. The summed E-state index contributed by atoms with van der Waals surface area (Å²) in [6.45, 7) is 1.09. The van der Waals surface area contributed by atoms with Crippen LogP contribution in [0.2, 0.25) is 0 Å². The highest BCUT2D eigenvalue weighted by Gasteiger charge is 2.24. The Hall–Kier alpha value is -1.95. The molecule has 1 fully saturated rings. The molecule has 0 atom stereocenters. The van der Waals surface area contributed by atoms with Crippen molar-refractivity contribution in [3.8, 4) is 0 Å². The monoisotopic (exact) mass is 234 g/mol. The zero-order chi connectivity index (χ0) is 12.3. The van der Waals surface area contributed by atoms with Gasteiger partial charge in [-0.25, -0.2) is 4.79 Å². The van der Waals surface area contributed by atoms with Gasteiger partial charge in [0.05, 0.1) is 11.9 Å². The van der Waals surface area contributed by atoms with Crippen LogP contribution in [0, 0.1) is 0 Å². The van der Waals surface area contributed by atoms with E-state index in [2.05, 4.69) is 15.6 Å². The Morgan fingerprint density at radius 2 is 2.29 bits per heavy atom. The summed E-state index contributed by atoms with van der Waals surface area (Å²) in [5.74, 6) is -0.231. The van der Waals surface area contributed by atoms with Crippen molar-refractivity contribution in [2.75, 3.05) is 18.5 Å². The summed E-state index contributed by atoms with van der Waals surface area (Å²) in [5, 5.41) is 5.30. The van der Waals surface area contributed by atoms with Gasteiger partial charge in [-0.15, -0.1) is 0 Å². The first-order valence-electron chi connectivity index (χ1n) is 5.40. The summed E-state index contributed by atoms with van der Waals surface area (Å²) < 4.78 is 0. The highest BCUT2D eigenvalue weighted by Crippen LogP contribution is 2.17. The first-order valence-corrected chi connectivity index (χ1v) is 5.40. The molecule has 0 saturated carbocycles.